The Morgan fingerprint density at radius 1 is 0.789 bits per heavy atom. The molecule has 98 valence electrons. The molecule has 3 heterocycles. The maximum absolute atomic E-state index is 9.26. The molecule has 2 aliphatic heterocycles. The van der Waals surface area contributed by atoms with Crippen LogP contribution in [-0.2, 0) is 18.9 Å². The second-order valence-electron chi connectivity index (χ2n) is 3.95. The molecule has 2 saturated heterocycles. The maximum atomic E-state index is 9.26. The highest BCUT2D eigenvalue weighted by molar-refractivity contribution is 7.12. The Morgan fingerprint density at radius 3 is 1.47 bits per heavy atom. The average Bonchev–Trinajstić information content (AvgIpc) is 3.16. The van der Waals surface area contributed by atoms with Gasteiger partial charge < -0.3 is 18.9 Å². The molecule has 7 heteroatoms. The summed E-state index contributed by atoms with van der Waals surface area (Å²) in [5, 5.41) is 18.5. The van der Waals surface area contributed by atoms with Gasteiger partial charge in [0.1, 0.15) is 12.1 Å². The normalized spacial score (nSPS) is 20.5. The number of thiophene rings is 1. The number of nitriles is 2. The molecular weight excluding hydrogens is 268 g/mol. The van der Waals surface area contributed by atoms with Gasteiger partial charge in [0.15, 0.2) is 12.6 Å². The van der Waals surface area contributed by atoms with Crippen LogP contribution in [0.15, 0.2) is 0 Å². The zero-order chi connectivity index (χ0) is 13.2. The van der Waals surface area contributed by atoms with Crippen molar-refractivity contribution in [2.24, 2.45) is 0 Å². The molecule has 1 aromatic heterocycles. The Balaban J connectivity index is 2.05. The van der Waals surface area contributed by atoms with Crippen molar-refractivity contribution in [2.75, 3.05) is 26.4 Å². The third-order valence-electron chi connectivity index (χ3n) is 2.86. The monoisotopic (exact) mass is 278 g/mol. The van der Waals surface area contributed by atoms with Crippen molar-refractivity contribution < 1.29 is 18.9 Å². The molecule has 0 N–H and O–H groups in total. The summed E-state index contributed by atoms with van der Waals surface area (Å²) in [7, 11) is 0. The summed E-state index contributed by atoms with van der Waals surface area (Å²) < 4.78 is 21.6. The van der Waals surface area contributed by atoms with Gasteiger partial charge >= 0.3 is 0 Å². The van der Waals surface area contributed by atoms with Gasteiger partial charge in [0.05, 0.1) is 47.3 Å². The molecule has 0 saturated carbocycles. The number of hydrogen-bond donors (Lipinski definition) is 0. The van der Waals surface area contributed by atoms with Gasteiger partial charge in [0.2, 0.25) is 0 Å². The van der Waals surface area contributed by atoms with E-state index in [-0.39, 0.29) is 0 Å². The highest BCUT2D eigenvalue weighted by Crippen LogP contribution is 2.41. The standard InChI is InChI=1S/C12H10N2O4S/c13-5-7-8(6-14)10(12-17-3-4-18-12)19-9(7)11-15-1-2-16-11/h11-12H,1-4H2. The molecule has 2 fully saturated rings. The molecule has 19 heavy (non-hydrogen) atoms. The second kappa shape index (κ2) is 5.25. The lowest BCUT2D eigenvalue weighted by Gasteiger charge is -2.07. The van der Waals surface area contributed by atoms with Crippen LogP contribution in [0.25, 0.3) is 0 Å². The lowest BCUT2D eigenvalue weighted by molar-refractivity contribution is -0.0423. The van der Waals surface area contributed by atoms with Crippen LogP contribution in [0.2, 0.25) is 0 Å². The SMILES string of the molecule is N#Cc1c(C2OCCO2)sc(C2OCCO2)c1C#N. The quantitative estimate of drug-likeness (QED) is 0.816. The molecule has 2 aliphatic rings. The van der Waals surface area contributed by atoms with Crippen LogP contribution >= 0.6 is 11.3 Å². The Bertz CT molecular complexity index is 511. The van der Waals surface area contributed by atoms with Crippen molar-refractivity contribution in [2.45, 2.75) is 12.6 Å². The predicted molar refractivity (Wildman–Crippen MR) is 63.0 cm³/mol. The van der Waals surface area contributed by atoms with E-state index in [0.29, 0.717) is 47.3 Å². The molecule has 0 aromatic carbocycles. The van der Waals surface area contributed by atoms with E-state index in [1.807, 2.05) is 0 Å². The van der Waals surface area contributed by atoms with Crippen molar-refractivity contribution in [1.82, 2.24) is 0 Å². The first-order valence-electron chi connectivity index (χ1n) is 5.78. The molecule has 3 rings (SSSR count). The number of nitrogens with zero attached hydrogens (tertiary/aromatic N) is 2. The molecule has 0 amide bonds. The molecule has 0 aliphatic carbocycles. The average molecular weight is 278 g/mol. The zero-order valence-electron chi connectivity index (χ0n) is 9.92. The molecular formula is C12H10N2O4S. The largest absolute Gasteiger partial charge is 0.345 e. The van der Waals surface area contributed by atoms with E-state index in [9.17, 15) is 10.5 Å². The van der Waals surface area contributed by atoms with Crippen LogP contribution in [0, 0.1) is 22.7 Å². The van der Waals surface area contributed by atoms with E-state index < -0.39 is 12.6 Å². The van der Waals surface area contributed by atoms with Gasteiger partial charge in [-0.05, 0) is 0 Å². The van der Waals surface area contributed by atoms with Crippen molar-refractivity contribution in [3.63, 3.8) is 0 Å². The second-order valence-corrected chi connectivity index (χ2v) is 5.03. The van der Waals surface area contributed by atoms with Crippen molar-refractivity contribution in [3.8, 4) is 12.1 Å². The molecule has 1 aromatic rings. The first-order valence-corrected chi connectivity index (χ1v) is 6.60. The van der Waals surface area contributed by atoms with Crippen molar-refractivity contribution in [3.05, 3.63) is 20.9 Å². The summed E-state index contributed by atoms with van der Waals surface area (Å²) in [6.07, 6.45) is -1.14. The third kappa shape index (κ3) is 2.12. The van der Waals surface area contributed by atoms with Gasteiger partial charge in [0, 0.05) is 0 Å². The fourth-order valence-electron chi connectivity index (χ4n) is 2.04. The summed E-state index contributed by atoms with van der Waals surface area (Å²) in [6.45, 7) is 1.95. The Morgan fingerprint density at radius 2 is 1.16 bits per heavy atom. The van der Waals surface area contributed by atoms with Gasteiger partial charge in [-0.25, -0.2) is 0 Å². The minimum atomic E-state index is -0.568. The first kappa shape index (κ1) is 12.5. The number of hydrogen-bond acceptors (Lipinski definition) is 7. The van der Waals surface area contributed by atoms with Crippen molar-refractivity contribution >= 4 is 11.3 Å². The van der Waals surface area contributed by atoms with Gasteiger partial charge in [-0.15, -0.1) is 11.3 Å². The zero-order valence-corrected chi connectivity index (χ0v) is 10.7. The summed E-state index contributed by atoms with van der Waals surface area (Å²) in [4.78, 5) is 1.23. The summed E-state index contributed by atoms with van der Waals surface area (Å²) in [5.41, 5.74) is 0.599. The number of rotatable bonds is 2. The summed E-state index contributed by atoms with van der Waals surface area (Å²) in [6, 6.07) is 4.11. The van der Waals surface area contributed by atoms with Gasteiger partial charge in [-0.1, -0.05) is 0 Å². The minimum absolute atomic E-state index is 0.300. The van der Waals surface area contributed by atoms with Gasteiger partial charge in [-0.2, -0.15) is 10.5 Å². The highest BCUT2D eigenvalue weighted by Gasteiger charge is 2.32. The van der Waals surface area contributed by atoms with Gasteiger partial charge in [0.25, 0.3) is 0 Å². The number of ether oxygens (including phenoxy) is 4. The topological polar surface area (TPSA) is 84.5 Å². The van der Waals surface area contributed by atoms with E-state index in [1.165, 1.54) is 11.3 Å². The van der Waals surface area contributed by atoms with E-state index in [2.05, 4.69) is 12.1 Å². The fourth-order valence-corrected chi connectivity index (χ4v) is 3.24. The molecule has 0 unspecified atom stereocenters. The van der Waals surface area contributed by atoms with E-state index in [4.69, 9.17) is 18.9 Å². The molecule has 6 nitrogen and oxygen atoms in total. The fraction of sp³-hybridized carbons (Fsp3) is 0.500. The first-order chi connectivity index (χ1) is 9.35. The van der Waals surface area contributed by atoms with E-state index in [1.54, 1.807) is 0 Å². The van der Waals surface area contributed by atoms with Crippen LogP contribution in [0.3, 0.4) is 0 Å². The lowest BCUT2D eigenvalue weighted by atomic mass is 10.1. The lowest BCUT2D eigenvalue weighted by Crippen LogP contribution is -1.98. The molecule has 0 radical (unpaired) electrons. The van der Waals surface area contributed by atoms with Crippen LogP contribution in [0.1, 0.15) is 33.5 Å². The van der Waals surface area contributed by atoms with E-state index in [0.717, 1.165) is 0 Å². The van der Waals surface area contributed by atoms with E-state index >= 15 is 0 Å². The summed E-state index contributed by atoms with van der Waals surface area (Å²) in [5.74, 6) is 0. The van der Waals surface area contributed by atoms with Gasteiger partial charge in [-0.3, -0.25) is 0 Å². The Hall–Kier alpha value is -1.48. The smallest absolute Gasteiger partial charge is 0.194 e. The highest BCUT2D eigenvalue weighted by atomic mass is 32.1. The molecule has 0 atom stereocenters. The van der Waals surface area contributed by atoms with Crippen molar-refractivity contribution in [1.29, 1.82) is 10.5 Å². The molecule has 0 spiro atoms. The third-order valence-corrected chi connectivity index (χ3v) is 4.09. The molecule has 0 bridgehead atoms. The van der Waals surface area contributed by atoms with Crippen LogP contribution in [0.5, 0.6) is 0 Å². The Kier molecular flexibility index (Phi) is 3.47. The maximum Gasteiger partial charge on any atom is 0.194 e. The van der Waals surface area contributed by atoms with Crippen LogP contribution in [-0.4, -0.2) is 26.4 Å². The summed E-state index contributed by atoms with van der Waals surface area (Å²) >= 11 is 1.28. The van der Waals surface area contributed by atoms with Crippen LogP contribution < -0.4 is 0 Å². The Labute approximate surface area is 113 Å². The van der Waals surface area contributed by atoms with Crippen LogP contribution in [0.4, 0.5) is 0 Å². The predicted octanol–water partition coefficient (Wildman–Crippen LogP) is 1.58. The minimum Gasteiger partial charge on any atom is -0.345 e.